The fourth-order valence-corrected chi connectivity index (χ4v) is 4.92. The Bertz CT molecular complexity index is 649. The first kappa shape index (κ1) is 21.1. The minimum absolute atomic E-state index is 0.0969. The van der Waals surface area contributed by atoms with Crippen molar-refractivity contribution in [3.05, 3.63) is 23.8 Å². The quantitative estimate of drug-likeness (QED) is 0.723. The van der Waals surface area contributed by atoms with Crippen molar-refractivity contribution in [2.45, 2.75) is 78.1 Å². The van der Waals surface area contributed by atoms with E-state index in [-0.39, 0.29) is 42.4 Å². The van der Waals surface area contributed by atoms with Crippen LogP contribution in [0.2, 0.25) is 0 Å². The van der Waals surface area contributed by atoms with Gasteiger partial charge in [-0.2, -0.15) is 0 Å². The van der Waals surface area contributed by atoms with Gasteiger partial charge in [0, 0.05) is 12.3 Å². The first-order chi connectivity index (χ1) is 13.2. The van der Waals surface area contributed by atoms with Gasteiger partial charge in [-0.25, -0.2) is 0 Å². The van der Waals surface area contributed by atoms with Crippen LogP contribution in [0.15, 0.2) is 23.8 Å². The second kappa shape index (κ2) is 8.81. The molecule has 0 saturated carbocycles. The maximum absolute atomic E-state index is 12.3. The van der Waals surface area contributed by atoms with Crippen LogP contribution in [0, 0.1) is 29.6 Å². The summed E-state index contributed by atoms with van der Waals surface area (Å²) in [6.45, 7) is 8.12. The van der Waals surface area contributed by atoms with Crippen molar-refractivity contribution in [2.75, 3.05) is 0 Å². The molecule has 7 atom stereocenters. The van der Waals surface area contributed by atoms with Crippen LogP contribution < -0.4 is 0 Å². The van der Waals surface area contributed by atoms with E-state index in [4.69, 9.17) is 9.47 Å². The molecule has 156 valence electrons. The average Bonchev–Trinajstić information content (AvgIpc) is 2.60. The fourth-order valence-electron chi connectivity index (χ4n) is 4.92. The molecule has 0 aromatic heterocycles. The predicted octanol–water partition coefficient (Wildman–Crippen LogP) is 3.81. The van der Waals surface area contributed by atoms with E-state index in [9.17, 15) is 14.7 Å². The first-order valence-corrected chi connectivity index (χ1v) is 10.7. The molecule has 3 aliphatic rings. The molecule has 1 fully saturated rings. The predicted molar refractivity (Wildman–Crippen MR) is 106 cm³/mol. The molecule has 0 spiro atoms. The van der Waals surface area contributed by atoms with E-state index < -0.39 is 6.10 Å². The van der Waals surface area contributed by atoms with Crippen LogP contribution in [0.3, 0.4) is 0 Å². The highest BCUT2D eigenvalue weighted by atomic mass is 16.5. The van der Waals surface area contributed by atoms with Crippen LogP contribution in [0.5, 0.6) is 0 Å². The van der Waals surface area contributed by atoms with E-state index in [1.54, 1.807) is 0 Å². The lowest BCUT2D eigenvalue weighted by atomic mass is 9.65. The molecule has 3 rings (SSSR count). The van der Waals surface area contributed by atoms with Crippen LogP contribution in [0.4, 0.5) is 0 Å². The maximum Gasteiger partial charge on any atom is 0.308 e. The Morgan fingerprint density at radius 3 is 2.71 bits per heavy atom. The maximum atomic E-state index is 12.3. The van der Waals surface area contributed by atoms with E-state index >= 15 is 0 Å². The van der Waals surface area contributed by atoms with Gasteiger partial charge in [-0.05, 0) is 42.6 Å². The summed E-state index contributed by atoms with van der Waals surface area (Å²) in [5.41, 5.74) is 1.27. The lowest BCUT2D eigenvalue weighted by molar-refractivity contribution is -0.162. The zero-order valence-electron chi connectivity index (χ0n) is 17.5. The van der Waals surface area contributed by atoms with E-state index in [1.807, 2.05) is 13.8 Å². The fraction of sp³-hybridized carbons (Fsp3) is 0.739. The van der Waals surface area contributed by atoms with Gasteiger partial charge in [-0.3, -0.25) is 9.59 Å². The smallest absolute Gasteiger partial charge is 0.308 e. The number of hydrogen-bond donors (Lipinski definition) is 1. The number of allylic oxidation sites excluding steroid dienone is 3. The molecule has 5 heteroatoms. The number of cyclic esters (lactones) is 1. The number of ether oxygens (including phenoxy) is 2. The molecule has 0 radical (unpaired) electrons. The summed E-state index contributed by atoms with van der Waals surface area (Å²) in [6.07, 6.45) is 8.89. The highest BCUT2D eigenvalue weighted by molar-refractivity contribution is 5.72. The van der Waals surface area contributed by atoms with Crippen molar-refractivity contribution in [2.24, 2.45) is 29.6 Å². The number of carbonyl (C=O) groups excluding carboxylic acids is 2. The Morgan fingerprint density at radius 1 is 1.29 bits per heavy atom. The Labute approximate surface area is 168 Å². The second-order valence-corrected chi connectivity index (χ2v) is 9.20. The monoisotopic (exact) mass is 390 g/mol. The van der Waals surface area contributed by atoms with Crippen molar-refractivity contribution in [3.8, 4) is 0 Å². The topological polar surface area (TPSA) is 72.8 Å². The Morgan fingerprint density at radius 2 is 2.04 bits per heavy atom. The lowest BCUT2D eigenvalue weighted by Gasteiger charge is -2.43. The Balaban J connectivity index is 1.74. The minimum Gasteiger partial charge on any atom is -0.462 e. The molecular formula is C23H34O5. The Hall–Kier alpha value is -1.62. The van der Waals surface area contributed by atoms with Gasteiger partial charge in [0.1, 0.15) is 12.2 Å². The van der Waals surface area contributed by atoms with Crippen molar-refractivity contribution in [1.29, 1.82) is 0 Å². The first-order valence-electron chi connectivity index (χ1n) is 10.7. The van der Waals surface area contributed by atoms with E-state index in [2.05, 4.69) is 32.1 Å². The average molecular weight is 391 g/mol. The summed E-state index contributed by atoms with van der Waals surface area (Å²) < 4.78 is 11.4. The largest absolute Gasteiger partial charge is 0.462 e. The molecule has 0 amide bonds. The molecule has 2 unspecified atom stereocenters. The molecule has 28 heavy (non-hydrogen) atoms. The molecular weight excluding hydrogens is 356 g/mol. The molecule has 1 saturated heterocycles. The van der Waals surface area contributed by atoms with Crippen LogP contribution in [0.25, 0.3) is 0 Å². The molecule has 1 aliphatic heterocycles. The summed E-state index contributed by atoms with van der Waals surface area (Å²) in [4.78, 5) is 24.0. The standard InChI is InChI=1S/C23H34O5/c1-13(2)23(26)28-20-10-14(3)9-16-6-5-15(4)19(22(16)20)8-7-18-11-17(24)12-21(25)27-18/h5-6,9,13-15,17-20,22,24H,7-8,10-12H2,1-4H3/t14-,15-,17+,18?,19-,20-,22?/m0/s1. The van der Waals surface area contributed by atoms with Crippen molar-refractivity contribution in [1.82, 2.24) is 0 Å². The molecule has 0 aromatic carbocycles. The zero-order valence-corrected chi connectivity index (χ0v) is 17.5. The molecule has 1 N–H and O–H groups in total. The number of esters is 2. The second-order valence-electron chi connectivity index (χ2n) is 9.20. The third-order valence-electron chi connectivity index (χ3n) is 6.39. The molecule has 2 aliphatic carbocycles. The number of carbonyl (C=O) groups is 2. The minimum atomic E-state index is -0.597. The third kappa shape index (κ3) is 4.86. The molecule has 5 nitrogen and oxygen atoms in total. The van der Waals surface area contributed by atoms with Crippen LogP contribution in [-0.2, 0) is 19.1 Å². The summed E-state index contributed by atoms with van der Waals surface area (Å²) in [5.74, 6) is 0.668. The molecule has 1 heterocycles. The van der Waals surface area contributed by atoms with Gasteiger partial charge in [0.2, 0.25) is 0 Å². The SMILES string of the molecule is CC(C)C(=O)O[C@H]1C[C@@H](C)C=C2C=C[C@H](C)[C@H](CCC3C[C@@H](O)CC(=O)O3)C21. The number of fused-ring (bicyclic) bond motifs is 1. The summed E-state index contributed by atoms with van der Waals surface area (Å²) in [7, 11) is 0. The van der Waals surface area contributed by atoms with Crippen LogP contribution in [0.1, 0.15) is 59.8 Å². The van der Waals surface area contributed by atoms with Gasteiger partial charge in [-0.1, -0.05) is 45.9 Å². The Kier molecular flexibility index (Phi) is 6.64. The van der Waals surface area contributed by atoms with Crippen molar-refractivity contribution in [3.63, 3.8) is 0 Å². The summed E-state index contributed by atoms with van der Waals surface area (Å²) in [6, 6.07) is 0. The molecule has 0 aromatic rings. The van der Waals surface area contributed by atoms with Gasteiger partial charge >= 0.3 is 11.9 Å². The van der Waals surface area contributed by atoms with Gasteiger partial charge in [0.15, 0.2) is 0 Å². The van der Waals surface area contributed by atoms with Crippen molar-refractivity contribution < 1.29 is 24.2 Å². The third-order valence-corrected chi connectivity index (χ3v) is 6.39. The van der Waals surface area contributed by atoms with E-state index in [1.165, 1.54) is 5.57 Å². The van der Waals surface area contributed by atoms with Gasteiger partial charge in [0.05, 0.1) is 18.4 Å². The van der Waals surface area contributed by atoms with Crippen LogP contribution >= 0.6 is 0 Å². The number of aliphatic hydroxyl groups excluding tert-OH is 1. The van der Waals surface area contributed by atoms with Gasteiger partial charge in [0.25, 0.3) is 0 Å². The number of rotatable bonds is 5. The molecule has 0 bridgehead atoms. The summed E-state index contributed by atoms with van der Waals surface area (Å²) >= 11 is 0. The zero-order chi connectivity index (χ0) is 20.4. The summed E-state index contributed by atoms with van der Waals surface area (Å²) in [5, 5.41) is 9.87. The van der Waals surface area contributed by atoms with Gasteiger partial charge < -0.3 is 14.6 Å². The van der Waals surface area contributed by atoms with E-state index in [0.717, 1.165) is 19.3 Å². The highest BCUT2D eigenvalue weighted by Crippen LogP contribution is 2.45. The van der Waals surface area contributed by atoms with Gasteiger partial charge in [-0.15, -0.1) is 0 Å². The lowest BCUT2D eigenvalue weighted by Crippen LogP contribution is -2.42. The number of aliphatic hydroxyl groups is 1. The highest BCUT2D eigenvalue weighted by Gasteiger charge is 2.42. The van der Waals surface area contributed by atoms with E-state index in [0.29, 0.717) is 24.2 Å². The van der Waals surface area contributed by atoms with Crippen LogP contribution in [-0.4, -0.2) is 35.4 Å². The van der Waals surface area contributed by atoms with Crippen molar-refractivity contribution >= 4 is 11.9 Å². The number of hydrogen-bond acceptors (Lipinski definition) is 5. The normalized spacial score (nSPS) is 37.9.